The molecular weight excluding hydrogens is 473 g/mol. The Balaban J connectivity index is 1.10. The number of fused-ring (bicyclic) bond motifs is 5. The molecule has 2 N–H and O–H groups in total. The SMILES string of the molecule is O=C1CCc2c(Oc3ccc4c(c3)[C@H]3[C@H](Cc5nc6ccc(C(F)(F)F)cc6[nH]5)[C@H]3O4)ccnc2N1. The molecule has 4 aromatic rings. The third-order valence-electron chi connectivity index (χ3n) is 7.09. The van der Waals surface area contributed by atoms with Gasteiger partial charge >= 0.3 is 6.18 Å². The van der Waals surface area contributed by atoms with Gasteiger partial charge in [-0.15, -0.1) is 0 Å². The van der Waals surface area contributed by atoms with Gasteiger partial charge in [-0.3, -0.25) is 4.79 Å². The fourth-order valence-corrected chi connectivity index (χ4v) is 5.30. The number of nitrogens with one attached hydrogen (secondary N) is 2. The van der Waals surface area contributed by atoms with Crippen LogP contribution in [-0.4, -0.2) is 27.0 Å². The summed E-state index contributed by atoms with van der Waals surface area (Å²) in [5, 5.41) is 2.78. The molecule has 1 fully saturated rings. The van der Waals surface area contributed by atoms with Crippen molar-refractivity contribution in [3.63, 3.8) is 0 Å². The van der Waals surface area contributed by atoms with E-state index < -0.39 is 11.7 Å². The van der Waals surface area contributed by atoms with Crippen LogP contribution in [0.5, 0.6) is 17.2 Å². The minimum absolute atomic E-state index is 0.0121. The molecule has 182 valence electrons. The Hall–Kier alpha value is -4.08. The Labute approximate surface area is 202 Å². The summed E-state index contributed by atoms with van der Waals surface area (Å²) in [5.41, 5.74) is 2.11. The van der Waals surface area contributed by atoms with Crippen LogP contribution < -0.4 is 14.8 Å². The zero-order valence-corrected chi connectivity index (χ0v) is 18.7. The number of H-pyrrole nitrogens is 1. The minimum atomic E-state index is -4.40. The third-order valence-corrected chi connectivity index (χ3v) is 7.09. The number of aromatic amines is 1. The normalized spacial score (nSPS) is 21.9. The number of aromatic nitrogens is 3. The van der Waals surface area contributed by atoms with Gasteiger partial charge in [0.25, 0.3) is 0 Å². The monoisotopic (exact) mass is 492 g/mol. The lowest BCUT2D eigenvalue weighted by atomic mass is 10.1. The summed E-state index contributed by atoms with van der Waals surface area (Å²) in [6.45, 7) is 0. The molecule has 0 bridgehead atoms. The average Bonchev–Trinajstić information content (AvgIpc) is 3.16. The Morgan fingerprint density at radius 3 is 2.86 bits per heavy atom. The predicted octanol–water partition coefficient (Wildman–Crippen LogP) is 5.37. The number of alkyl halides is 3. The molecule has 10 heteroatoms. The first-order chi connectivity index (χ1) is 17.3. The van der Waals surface area contributed by atoms with Gasteiger partial charge in [-0.05, 0) is 48.9 Å². The van der Waals surface area contributed by atoms with Crippen molar-refractivity contribution in [1.82, 2.24) is 15.0 Å². The van der Waals surface area contributed by atoms with E-state index in [1.54, 1.807) is 12.3 Å². The number of hydrogen-bond acceptors (Lipinski definition) is 5. The fourth-order valence-electron chi connectivity index (χ4n) is 5.30. The number of pyridine rings is 1. The van der Waals surface area contributed by atoms with Gasteiger partial charge < -0.3 is 19.8 Å². The molecule has 36 heavy (non-hydrogen) atoms. The quantitative estimate of drug-likeness (QED) is 0.400. The first kappa shape index (κ1) is 21.2. The van der Waals surface area contributed by atoms with Crippen LogP contribution in [0.15, 0.2) is 48.7 Å². The van der Waals surface area contributed by atoms with Crippen molar-refractivity contribution < 1.29 is 27.4 Å². The Morgan fingerprint density at radius 2 is 2.00 bits per heavy atom. The number of carbonyl (C=O) groups is 1. The summed E-state index contributed by atoms with van der Waals surface area (Å²) in [6.07, 6.45) is -1.25. The zero-order chi connectivity index (χ0) is 24.6. The second-order valence-electron chi connectivity index (χ2n) is 9.38. The van der Waals surface area contributed by atoms with Crippen molar-refractivity contribution in [1.29, 1.82) is 0 Å². The highest BCUT2D eigenvalue weighted by Gasteiger charge is 2.58. The number of hydrogen-bond donors (Lipinski definition) is 2. The molecule has 0 spiro atoms. The number of imidazole rings is 1. The first-order valence-corrected chi connectivity index (χ1v) is 11.7. The Kier molecular flexibility index (Phi) is 4.40. The molecule has 2 aliphatic heterocycles. The van der Waals surface area contributed by atoms with E-state index >= 15 is 0 Å². The molecule has 7 rings (SSSR count). The molecule has 3 aliphatic rings. The molecule has 0 saturated heterocycles. The van der Waals surface area contributed by atoms with E-state index in [1.807, 2.05) is 18.2 Å². The zero-order valence-electron chi connectivity index (χ0n) is 18.7. The summed E-state index contributed by atoms with van der Waals surface area (Å²) < 4.78 is 51.4. The van der Waals surface area contributed by atoms with E-state index in [0.717, 1.165) is 29.0 Å². The van der Waals surface area contributed by atoms with Gasteiger partial charge in [0.05, 0.1) is 16.6 Å². The van der Waals surface area contributed by atoms with E-state index in [1.165, 1.54) is 6.07 Å². The number of carbonyl (C=O) groups excluding carboxylic acids is 1. The van der Waals surface area contributed by atoms with Gasteiger partial charge in [0.1, 0.15) is 35.0 Å². The number of anilines is 1. The first-order valence-electron chi connectivity index (χ1n) is 11.7. The van der Waals surface area contributed by atoms with Gasteiger partial charge in [0, 0.05) is 42.0 Å². The van der Waals surface area contributed by atoms with Crippen molar-refractivity contribution in [3.8, 4) is 17.2 Å². The minimum Gasteiger partial charge on any atom is -0.489 e. The number of benzene rings is 2. The summed E-state index contributed by atoms with van der Waals surface area (Å²) >= 11 is 0. The van der Waals surface area contributed by atoms with E-state index in [4.69, 9.17) is 9.47 Å². The highest BCUT2D eigenvalue weighted by atomic mass is 19.4. The highest BCUT2D eigenvalue weighted by molar-refractivity contribution is 5.93. The second-order valence-corrected chi connectivity index (χ2v) is 9.38. The number of nitrogens with zero attached hydrogens (tertiary/aromatic N) is 2. The van der Waals surface area contributed by atoms with E-state index in [-0.39, 0.29) is 23.8 Å². The maximum absolute atomic E-state index is 13.0. The lowest BCUT2D eigenvalue weighted by Crippen LogP contribution is -2.20. The fraction of sp³-hybridized carbons (Fsp3) is 0.269. The van der Waals surface area contributed by atoms with Gasteiger partial charge in [0.2, 0.25) is 5.91 Å². The van der Waals surface area contributed by atoms with Crippen molar-refractivity contribution in [2.45, 2.75) is 37.5 Å². The van der Waals surface area contributed by atoms with Crippen LogP contribution in [0.2, 0.25) is 0 Å². The average molecular weight is 492 g/mol. The van der Waals surface area contributed by atoms with Crippen LogP contribution in [0, 0.1) is 5.92 Å². The molecule has 2 aromatic carbocycles. The van der Waals surface area contributed by atoms with Crippen LogP contribution in [0.1, 0.15) is 34.9 Å². The molecule has 0 unspecified atom stereocenters. The van der Waals surface area contributed by atoms with Crippen molar-refractivity contribution >= 4 is 22.8 Å². The maximum Gasteiger partial charge on any atom is 0.416 e. The molecule has 4 heterocycles. The Bertz CT molecular complexity index is 1550. The molecular formula is C26H19F3N4O3. The van der Waals surface area contributed by atoms with Crippen molar-refractivity contribution in [2.75, 3.05) is 5.32 Å². The molecule has 3 atom stereocenters. The third kappa shape index (κ3) is 3.47. The standard InChI is InChI=1S/C26H19F3N4O3/c27-26(28,29)12-1-4-17-18(9-12)32-21(31-17)11-16-23-15-10-13(2-5-19(15)36-24(16)23)35-20-7-8-30-25-14(20)3-6-22(34)33-25/h1-2,4-5,7-10,16,23-24H,3,6,11H2,(H,31,32)(H,30,33,34)/t16-,23-,24+/m0/s1. The van der Waals surface area contributed by atoms with Gasteiger partial charge in [-0.2, -0.15) is 13.2 Å². The lowest BCUT2D eigenvalue weighted by Gasteiger charge is -2.19. The maximum atomic E-state index is 13.0. The molecule has 2 aromatic heterocycles. The van der Waals surface area contributed by atoms with Gasteiger partial charge in [-0.25, -0.2) is 9.97 Å². The molecule has 1 amide bonds. The van der Waals surface area contributed by atoms with Crippen LogP contribution >= 0.6 is 0 Å². The summed E-state index contributed by atoms with van der Waals surface area (Å²) in [5.74, 6) is 3.61. The van der Waals surface area contributed by atoms with E-state index in [2.05, 4.69) is 20.3 Å². The highest BCUT2D eigenvalue weighted by Crippen LogP contribution is 2.60. The number of halogens is 3. The van der Waals surface area contributed by atoms with Crippen LogP contribution in [-0.2, 0) is 23.8 Å². The number of amides is 1. The molecule has 1 aliphatic carbocycles. The summed E-state index contributed by atoms with van der Waals surface area (Å²) in [4.78, 5) is 23.4. The smallest absolute Gasteiger partial charge is 0.416 e. The lowest BCUT2D eigenvalue weighted by molar-refractivity contribution is -0.137. The number of rotatable bonds is 4. The summed E-state index contributed by atoms with van der Waals surface area (Å²) in [6, 6.07) is 11.0. The summed E-state index contributed by atoms with van der Waals surface area (Å²) in [7, 11) is 0. The van der Waals surface area contributed by atoms with Gasteiger partial charge in [-0.1, -0.05) is 0 Å². The van der Waals surface area contributed by atoms with E-state index in [0.29, 0.717) is 53.4 Å². The number of ether oxygens (including phenoxy) is 2. The van der Waals surface area contributed by atoms with Crippen LogP contribution in [0.25, 0.3) is 11.0 Å². The molecule has 7 nitrogen and oxygen atoms in total. The second kappa shape index (κ2) is 7.46. The van der Waals surface area contributed by atoms with Crippen LogP contribution in [0.4, 0.5) is 19.0 Å². The van der Waals surface area contributed by atoms with Crippen molar-refractivity contribution in [3.05, 3.63) is 71.2 Å². The largest absolute Gasteiger partial charge is 0.489 e. The molecule has 1 saturated carbocycles. The van der Waals surface area contributed by atoms with Gasteiger partial charge in [0.15, 0.2) is 0 Å². The van der Waals surface area contributed by atoms with E-state index in [9.17, 15) is 18.0 Å². The van der Waals surface area contributed by atoms with Crippen molar-refractivity contribution in [2.24, 2.45) is 5.92 Å². The molecule has 0 radical (unpaired) electrons. The Morgan fingerprint density at radius 1 is 1.11 bits per heavy atom. The predicted molar refractivity (Wildman–Crippen MR) is 123 cm³/mol. The topological polar surface area (TPSA) is 89.1 Å². The van der Waals surface area contributed by atoms with Crippen LogP contribution in [0.3, 0.4) is 0 Å².